The van der Waals surface area contributed by atoms with E-state index in [2.05, 4.69) is 33.4 Å². The molecule has 3 aromatic rings. The minimum absolute atomic E-state index is 0.131. The van der Waals surface area contributed by atoms with Gasteiger partial charge in [-0.2, -0.15) is 0 Å². The summed E-state index contributed by atoms with van der Waals surface area (Å²) in [6.07, 6.45) is 3.19. The van der Waals surface area contributed by atoms with E-state index < -0.39 is 0 Å². The van der Waals surface area contributed by atoms with Crippen molar-refractivity contribution in [1.82, 2.24) is 14.8 Å². The zero-order valence-electron chi connectivity index (χ0n) is 17.4. The predicted octanol–water partition coefficient (Wildman–Crippen LogP) is 3.56. The van der Waals surface area contributed by atoms with Gasteiger partial charge in [-0.25, -0.2) is 0 Å². The molecule has 0 radical (unpaired) electrons. The zero-order valence-corrected chi connectivity index (χ0v) is 17.4. The van der Waals surface area contributed by atoms with E-state index in [1.807, 2.05) is 12.1 Å². The highest BCUT2D eigenvalue weighted by atomic mass is 16.2. The van der Waals surface area contributed by atoms with Gasteiger partial charge in [-0.05, 0) is 55.1 Å². The molecule has 1 atom stereocenters. The van der Waals surface area contributed by atoms with Crippen LogP contribution in [0.25, 0.3) is 10.9 Å². The summed E-state index contributed by atoms with van der Waals surface area (Å²) in [6, 6.07) is 15.4. The van der Waals surface area contributed by atoms with Crippen molar-refractivity contribution in [2.45, 2.75) is 25.3 Å². The lowest BCUT2D eigenvalue weighted by Gasteiger charge is -2.34. The third-order valence-electron chi connectivity index (χ3n) is 6.24. The highest BCUT2D eigenvalue weighted by molar-refractivity contribution is 6.21. The first-order valence-electron chi connectivity index (χ1n) is 10.6. The molecular weight excluding hydrogens is 392 g/mol. The number of nitrogens with zero attached hydrogens (tertiary/aromatic N) is 2. The summed E-state index contributed by atoms with van der Waals surface area (Å²) in [5.74, 6) is -0.786. The number of amides is 3. The number of hydrogen-bond donors (Lipinski definition) is 2. The summed E-state index contributed by atoms with van der Waals surface area (Å²) in [5, 5.41) is 4.07. The Morgan fingerprint density at radius 2 is 1.87 bits per heavy atom. The number of fused-ring (bicyclic) bond motifs is 2. The second-order valence-electron chi connectivity index (χ2n) is 8.27. The third kappa shape index (κ3) is 3.51. The standard InChI is InChI=1S/C24H24N4O3/c1-27-23(30)17-10-9-16(13-18(17)24(27)31)25-22(29)14-28-11-5-4-8-21(28)20-12-15-6-2-3-7-19(15)26-20/h2-3,6-7,9-10,12-13,21,26H,4-5,8,11,14H2,1H3,(H,25,29). The van der Waals surface area contributed by atoms with Gasteiger partial charge in [0.25, 0.3) is 11.8 Å². The van der Waals surface area contributed by atoms with Gasteiger partial charge >= 0.3 is 0 Å². The Morgan fingerprint density at radius 1 is 1.06 bits per heavy atom. The molecule has 2 aromatic carbocycles. The van der Waals surface area contributed by atoms with E-state index in [4.69, 9.17) is 0 Å². The van der Waals surface area contributed by atoms with E-state index in [0.717, 1.165) is 41.9 Å². The van der Waals surface area contributed by atoms with E-state index in [9.17, 15) is 14.4 Å². The molecule has 7 heteroatoms. The van der Waals surface area contributed by atoms with Gasteiger partial charge in [0.2, 0.25) is 5.91 Å². The molecule has 3 amide bonds. The molecule has 0 bridgehead atoms. The first-order chi connectivity index (χ1) is 15.0. The predicted molar refractivity (Wildman–Crippen MR) is 118 cm³/mol. The van der Waals surface area contributed by atoms with Crippen molar-refractivity contribution in [1.29, 1.82) is 0 Å². The molecular formula is C24H24N4O3. The number of aromatic nitrogens is 1. The van der Waals surface area contributed by atoms with Crippen LogP contribution in [-0.2, 0) is 4.79 Å². The molecule has 1 unspecified atom stereocenters. The minimum atomic E-state index is -0.342. The molecule has 1 fully saturated rings. The number of nitrogens with one attached hydrogen (secondary N) is 2. The quantitative estimate of drug-likeness (QED) is 0.637. The van der Waals surface area contributed by atoms with Crippen LogP contribution in [0, 0.1) is 0 Å². The largest absolute Gasteiger partial charge is 0.357 e. The molecule has 3 heterocycles. The van der Waals surface area contributed by atoms with Crippen molar-refractivity contribution < 1.29 is 14.4 Å². The smallest absolute Gasteiger partial charge is 0.261 e. The number of aromatic amines is 1. The van der Waals surface area contributed by atoms with Crippen LogP contribution in [0.5, 0.6) is 0 Å². The number of hydrogen-bond acceptors (Lipinski definition) is 4. The van der Waals surface area contributed by atoms with Gasteiger partial charge in [-0.15, -0.1) is 0 Å². The van der Waals surface area contributed by atoms with E-state index >= 15 is 0 Å². The van der Waals surface area contributed by atoms with Crippen LogP contribution < -0.4 is 5.32 Å². The van der Waals surface area contributed by atoms with Crippen LogP contribution in [0.15, 0.2) is 48.5 Å². The Bertz CT molecular complexity index is 1170. The maximum atomic E-state index is 12.8. The average Bonchev–Trinajstić information content (AvgIpc) is 3.29. The summed E-state index contributed by atoms with van der Waals surface area (Å²) in [4.78, 5) is 43.9. The fraction of sp³-hybridized carbons (Fsp3) is 0.292. The van der Waals surface area contributed by atoms with E-state index in [-0.39, 0.29) is 30.3 Å². The van der Waals surface area contributed by atoms with Crippen molar-refractivity contribution in [2.24, 2.45) is 0 Å². The van der Waals surface area contributed by atoms with Crippen LogP contribution >= 0.6 is 0 Å². The molecule has 2 aliphatic heterocycles. The van der Waals surface area contributed by atoms with Crippen LogP contribution in [0.4, 0.5) is 5.69 Å². The van der Waals surface area contributed by atoms with E-state index in [1.165, 1.54) is 12.4 Å². The number of carbonyl (C=O) groups excluding carboxylic acids is 3. The second-order valence-corrected chi connectivity index (χ2v) is 8.27. The Labute approximate surface area is 180 Å². The molecule has 2 N–H and O–H groups in total. The molecule has 1 saturated heterocycles. The molecule has 5 rings (SSSR count). The van der Waals surface area contributed by atoms with Crippen LogP contribution in [0.3, 0.4) is 0 Å². The molecule has 158 valence electrons. The third-order valence-corrected chi connectivity index (χ3v) is 6.24. The molecule has 7 nitrogen and oxygen atoms in total. The van der Waals surface area contributed by atoms with Crippen molar-refractivity contribution in [3.63, 3.8) is 0 Å². The lowest BCUT2D eigenvalue weighted by molar-refractivity contribution is -0.118. The Hall–Kier alpha value is -3.45. The number of likely N-dealkylation sites (tertiary alicyclic amines) is 1. The highest BCUT2D eigenvalue weighted by Crippen LogP contribution is 2.32. The number of benzene rings is 2. The van der Waals surface area contributed by atoms with Crippen molar-refractivity contribution in [3.8, 4) is 0 Å². The normalized spacial score (nSPS) is 19.1. The van der Waals surface area contributed by atoms with Crippen molar-refractivity contribution in [3.05, 3.63) is 65.4 Å². The zero-order chi connectivity index (χ0) is 21.5. The van der Waals surface area contributed by atoms with Crippen molar-refractivity contribution >= 4 is 34.3 Å². The second kappa shape index (κ2) is 7.67. The van der Waals surface area contributed by atoms with Gasteiger partial charge in [-0.1, -0.05) is 24.6 Å². The summed E-state index contributed by atoms with van der Waals surface area (Å²) in [6.45, 7) is 1.12. The number of para-hydroxylation sites is 1. The molecule has 0 aliphatic carbocycles. The molecule has 31 heavy (non-hydrogen) atoms. The number of rotatable bonds is 4. The SMILES string of the molecule is CN1C(=O)c2ccc(NC(=O)CN3CCCCC3c3cc4ccccc4[nH]3)cc2C1=O. The summed E-state index contributed by atoms with van der Waals surface area (Å²) < 4.78 is 0. The van der Waals surface area contributed by atoms with E-state index in [0.29, 0.717) is 16.8 Å². The summed E-state index contributed by atoms with van der Waals surface area (Å²) >= 11 is 0. The first kappa shape index (κ1) is 19.5. The maximum Gasteiger partial charge on any atom is 0.261 e. The molecule has 0 spiro atoms. The molecule has 2 aliphatic rings. The van der Waals surface area contributed by atoms with E-state index in [1.54, 1.807) is 18.2 Å². The van der Waals surface area contributed by atoms with Gasteiger partial charge in [0, 0.05) is 23.9 Å². The van der Waals surface area contributed by atoms with Gasteiger partial charge in [0.05, 0.1) is 23.7 Å². The number of piperidine rings is 1. The fourth-order valence-corrected chi connectivity index (χ4v) is 4.63. The number of anilines is 1. The molecule has 0 saturated carbocycles. The fourth-order valence-electron chi connectivity index (χ4n) is 4.63. The Balaban J connectivity index is 1.31. The number of imide groups is 1. The summed E-state index contributed by atoms with van der Waals surface area (Å²) in [5.41, 5.74) is 3.48. The number of carbonyl (C=O) groups is 3. The van der Waals surface area contributed by atoms with Gasteiger partial charge < -0.3 is 10.3 Å². The van der Waals surface area contributed by atoms with Crippen LogP contribution in [0.1, 0.15) is 51.7 Å². The topological polar surface area (TPSA) is 85.5 Å². The van der Waals surface area contributed by atoms with Gasteiger partial charge in [0.1, 0.15) is 0 Å². The van der Waals surface area contributed by atoms with Crippen LogP contribution in [-0.4, -0.2) is 52.6 Å². The van der Waals surface area contributed by atoms with Crippen LogP contribution in [0.2, 0.25) is 0 Å². The lowest BCUT2D eigenvalue weighted by Crippen LogP contribution is -2.39. The van der Waals surface area contributed by atoms with Gasteiger partial charge in [0.15, 0.2) is 0 Å². The monoisotopic (exact) mass is 416 g/mol. The average molecular weight is 416 g/mol. The minimum Gasteiger partial charge on any atom is -0.357 e. The van der Waals surface area contributed by atoms with Gasteiger partial charge in [-0.3, -0.25) is 24.2 Å². The van der Waals surface area contributed by atoms with Crippen molar-refractivity contribution in [2.75, 3.05) is 25.5 Å². The number of H-pyrrole nitrogens is 1. The maximum absolute atomic E-state index is 12.8. The highest BCUT2D eigenvalue weighted by Gasteiger charge is 2.33. The molecule has 1 aromatic heterocycles. The Kier molecular flexibility index (Phi) is 4.82. The first-order valence-corrected chi connectivity index (χ1v) is 10.6. The summed E-state index contributed by atoms with van der Waals surface area (Å²) in [7, 11) is 1.46. The Morgan fingerprint density at radius 3 is 2.71 bits per heavy atom. The lowest BCUT2D eigenvalue weighted by atomic mass is 9.99.